The highest BCUT2D eigenvalue weighted by molar-refractivity contribution is 5.73. The van der Waals surface area contributed by atoms with Gasteiger partial charge in [0.05, 0.1) is 5.41 Å². The molecule has 0 aliphatic heterocycles. The number of aromatic hydroxyl groups is 1. The third kappa shape index (κ3) is 8.73. The molecule has 3 nitrogen and oxygen atoms in total. The first-order valence-electron chi connectivity index (χ1n) is 10.1. The molecule has 3 heteroatoms. The molecule has 1 aromatic rings. The SMILES string of the molecule is CC(C)(C)CCCCc1cc(O)ccc1CCCCCC(C)(C)C(=O)O. The van der Waals surface area contributed by atoms with Crippen molar-refractivity contribution >= 4 is 5.97 Å². The molecule has 0 bridgehead atoms. The molecule has 1 aromatic carbocycles. The van der Waals surface area contributed by atoms with Gasteiger partial charge in [-0.25, -0.2) is 0 Å². The van der Waals surface area contributed by atoms with Crippen molar-refractivity contribution in [1.29, 1.82) is 0 Å². The van der Waals surface area contributed by atoms with Gasteiger partial charge >= 0.3 is 5.97 Å². The van der Waals surface area contributed by atoms with Crippen molar-refractivity contribution in [2.45, 2.75) is 92.4 Å². The quantitative estimate of drug-likeness (QED) is 0.450. The van der Waals surface area contributed by atoms with E-state index in [2.05, 4.69) is 26.8 Å². The van der Waals surface area contributed by atoms with Gasteiger partial charge in [0, 0.05) is 0 Å². The van der Waals surface area contributed by atoms with E-state index in [-0.39, 0.29) is 0 Å². The summed E-state index contributed by atoms with van der Waals surface area (Å²) in [5.74, 6) is -0.364. The van der Waals surface area contributed by atoms with Gasteiger partial charge in [-0.2, -0.15) is 0 Å². The summed E-state index contributed by atoms with van der Waals surface area (Å²) in [6, 6.07) is 5.75. The largest absolute Gasteiger partial charge is 0.508 e. The number of aryl methyl sites for hydroxylation is 2. The van der Waals surface area contributed by atoms with E-state index >= 15 is 0 Å². The number of carboxylic acids is 1. The van der Waals surface area contributed by atoms with Crippen molar-refractivity contribution in [1.82, 2.24) is 0 Å². The summed E-state index contributed by atoms with van der Waals surface area (Å²) in [7, 11) is 0. The number of hydrogen-bond donors (Lipinski definition) is 2. The zero-order chi connectivity index (χ0) is 19.8. The van der Waals surface area contributed by atoms with Crippen molar-refractivity contribution in [3.63, 3.8) is 0 Å². The maximum atomic E-state index is 11.1. The summed E-state index contributed by atoms with van der Waals surface area (Å²) < 4.78 is 0. The van der Waals surface area contributed by atoms with Gasteiger partial charge in [-0.15, -0.1) is 0 Å². The van der Waals surface area contributed by atoms with E-state index in [0.29, 0.717) is 11.2 Å². The Kier molecular flexibility index (Phi) is 8.66. The number of aliphatic carboxylic acids is 1. The van der Waals surface area contributed by atoms with Crippen molar-refractivity contribution < 1.29 is 15.0 Å². The fraction of sp³-hybridized carbons (Fsp3) is 0.696. The first-order chi connectivity index (χ1) is 12.0. The molecule has 26 heavy (non-hydrogen) atoms. The van der Waals surface area contributed by atoms with Crippen LogP contribution in [0.15, 0.2) is 18.2 Å². The van der Waals surface area contributed by atoms with Crippen LogP contribution in [0.3, 0.4) is 0 Å². The third-order valence-electron chi connectivity index (χ3n) is 5.14. The Hall–Kier alpha value is -1.51. The fourth-order valence-corrected chi connectivity index (χ4v) is 3.23. The lowest BCUT2D eigenvalue weighted by molar-refractivity contribution is -0.147. The molecule has 0 amide bonds. The fourth-order valence-electron chi connectivity index (χ4n) is 3.23. The molecular formula is C23H38O3. The molecule has 0 aromatic heterocycles. The van der Waals surface area contributed by atoms with Crippen LogP contribution < -0.4 is 0 Å². The Bertz CT molecular complexity index is 567. The van der Waals surface area contributed by atoms with Crippen LogP contribution in [0.4, 0.5) is 0 Å². The zero-order valence-corrected chi connectivity index (χ0v) is 17.4. The van der Waals surface area contributed by atoms with Crippen molar-refractivity contribution in [3.05, 3.63) is 29.3 Å². The molecular weight excluding hydrogens is 324 g/mol. The van der Waals surface area contributed by atoms with Crippen LogP contribution in [0.1, 0.15) is 90.7 Å². The van der Waals surface area contributed by atoms with Gasteiger partial charge in [-0.3, -0.25) is 4.79 Å². The number of phenols is 1. The average Bonchev–Trinajstić information content (AvgIpc) is 2.51. The highest BCUT2D eigenvalue weighted by Gasteiger charge is 2.25. The molecule has 0 radical (unpaired) electrons. The van der Waals surface area contributed by atoms with E-state index < -0.39 is 11.4 Å². The predicted octanol–water partition coefficient (Wildman–Crippen LogP) is 6.36. The summed E-state index contributed by atoms with van der Waals surface area (Å²) in [4.78, 5) is 11.1. The number of phenolic OH excluding ortho intramolecular Hbond substituents is 1. The smallest absolute Gasteiger partial charge is 0.309 e. The van der Waals surface area contributed by atoms with Crippen LogP contribution in [0.5, 0.6) is 5.75 Å². The van der Waals surface area contributed by atoms with E-state index in [4.69, 9.17) is 5.11 Å². The van der Waals surface area contributed by atoms with E-state index in [9.17, 15) is 9.90 Å². The van der Waals surface area contributed by atoms with E-state index in [1.807, 2.05) is 6.07 Å². The monoisotopic (exact) mass is 362 g/mol. The Morgan fingerprint density at radius 1 is 0.846 bits per heavy atom. The van der Waals surface area contributed by atoms with Crippen LogP contribution >= 0.6 is 0 Å². The van der Waals surface area contributed by atoms with Gasteiger partial charge in [0.2, 0.25) is 0 Å². The van der Waals surface area contributed by atoms with Gasteiger partial charge in [0.25, 0.3) is 0 Å². The van der Waals surface area contributed by atoms with Gasteiger partial charge < -0.3 is 10.2 Å². The third-order valence-corrected chi connectivity index (χ3v) is 5.14. The minimum Gasteiger partial charge on any atom is -0.508 e. The number of rotatable bonds is 11. The second kappa shape index (κ2) is 9.99. The van der Waals surface area contributed by atoms with Crippen LogP contribution in [0.2, 0.25) is 0 Å². The highest BCUT2D eigenvalue weighted by Crippen LogP contribution is 2.26. The molecule has 0 saturated carbocycles. The van der Waals surface area contributed by atoms with E-state index in [1.165, 1.54) is 24.0 Å². The first kappa shape index (κ1) is 22.5. The summed E-state index contributed by atoms with van der Waals surface area (Å²) in [6.07, 6.45) is 9.38. The molecule has 0 aliphatic carbocycles. The maximum Gasteiger partial charge on any atom is 0.309 e. The summed E-state index contributed by atoms with van der Waals surface area (Å²) >= 11 is 0. The molecule has 1 rings (SSSR count). The molecule has 148 valence electrons. The van der Waals surface area contributed by atoms with Gasteiger partial charge in [-0.05, 0) is 81.0 Å². The number of carboxylic acid groups (broad SMARTS) is 1. The van der Waals surface area contributed by atoms with Crippen molar-refractivity contribution in [2.24, 2.45) is 10.8 Å². The predicted molar refractivity (Wildman–Crippen MR) is 109 cm³/mol. The number of hydrogen-bond acceptors (Lipinski definition) is 2. The van der Waals surface area contributed by atoms with E-state index in [0.717, 1.165) is 44.9 Å². The first-order valence-corrected chi connectivity index (χ1v) is 10.1. The Balaban J connectivity index is 2.45. The van der Waals surface area contributed by atoms with Crippen molar-refractivity contribution in [2.75, 3.05) is 0 Å². The molecule has 0 fully saturated rings. The maximum absolute atomic E-state index is 11.1. The van der Waals surface area contributed by atoms with Gasteiger partial charge in [0.15, 0.2) is 0 Å². The van der Waals surface area contributed by atoms with Crippen LogP contribution in [0.25, 0.3) is 0 Å². The van der Waals surface area contributed by atoms with Crippen LogP contribution in [-0.2, 0) is 17.6 Å². The number of unbranched alkanes of at least 4 members (excludes halogenated alkanes) is 3. The lowest BCUT2D eigenvalue weighted by atomic mass is 9.86. The Morgan fingerprint density at radius 2 is 1.42 bits per heavy atom. The summed E-state index contributed by atoms with van der Waals surface area (Å²) in [5, 5.41) is 19.0. The number of benzene rings is 1. The topological polar surface area (TPSA) is 57.5 Å². The van der Waals surface area contributed by atoms with E-state index in [1.54, 1.807) is 19.9 Å². The second-order valence-corrected chi connectivity index (χ2v) is 9.47. The molecule has 0 unspecified atom stereocenters. The Morgan fingerprint density at radius 3 is 2.04 bits per heavy atom. The molecule has 2 N–H and O–H groups in total. The van der Waals surface area contributed by atoms with Crippen molar-refractivity contribution in [3.8, 4) is 5.75 Å². The molecule has 0 saturated heterocycles. The second-order valence-electron chi connectivity index (χ2n) is 9.47. The molecule has 0 aliphatic rings. The normalized spacial score (nSPS) is 12.3. The lowest BCUT2D eigenvalue weighted by Gasteiger charge is -2.19. The summed E-state index contributed by atoms with van der Waals surface area (Å²) in [6.45, 7) is 10.4. The average molecular weight is 363 g/mol. The minimum absolute atomic E-state index is 0.350. The zero-order valence-electron chi connectivity index (χ0n) is 17.4. The van der Waals surface area contributed by atoms with Gasteiger partial charge in [0.1, 0.15) is 5.75 Å². The lowest BCUT2D eigenvalue weighted by Crippen LogP contribution is -2.23. The molecule has 0 heterocycles. The van der Waals surface area contributed by atoms with Crippen LogP contribution in [-0.4, -0.2) is 16.2 Å². The highest BCUT2D eigenvalue weighted by atomic mass is 16.4. The number of carbonyl (C=O) groups is 1. The Labute approximate surface area is 159 Å². The molecule has 0 atom stereocenters. The van der Waals surface area contributed by atoms with Crippen LogP contribution in [0, 0.1) is 10.8 Å². The summed E-state index contributed by atoms with van der Waals surface area (Å²) in [5.41, 5.74) is 2.35. The van der Waals surface area contributed by atoms with Gasteiger partial charge in [-0.1, -0.05) is 46.1 Å². The minimum atomic E-state index is -0.714. The standard InChI is InChI=1S/C23H38O3/c1-22(2,3)15-10-8-12-19-17-20(24)14-13-18(19)11-7-6-9-16-23(4,5)21(25)26/h13-14,17,24H,6-12,15-16H2,1-5H3,(H,25,26). The molecule has 0 spiro atoms.